The van der Waals surface area contributed by atoms with Gasteiger partial charge >= 0.3 is 5.56 Å². The fraction of sp³-hybridized carbons (Fsp3) is 0.273. The molecule has 3 aromatic rings. The van der Waals surface area contributed by atoms with E-state index in [1.54, 1.807) is 16.8 Å². The lowest BCUT2D eigenvalue weighted by molar-refractivity contribution is 0.337. The highest BCUT2D eigenvalue weighted by Gasteiger charge is 2.13. The van der Waals surface area contributed by atoms with E-state index in [1.165, 1.54) is 19.2 Å². The van der Waals surface area contributed by atoms with E-state index in [4.69, 9.17) is 21.1 Å². The summed E-state index contributed by atoms with van der Waals surface area (Å²) in [6.45, 7) is 6.71. The predicted molar refractivity (Wildman–Crippen MR) is 116 cm³/mol. The van der Waals surface area contributed by atoms with Crippen molar-refractivity contribution >= 4 is 23.2 Å². The maximum absolute atomic E-state index is 13.5. The zero-order valence-electron chi connectivity index (χ0n) is 17.3. The molecule has 0 unspecified atom stereocenters. The number of aromatic nitrogens is 2. The number of halogens is 2. The molecule has 0 aliphatic rings. The number of hydrogen-bond acceptors (Lipinski definition) is 5. The predicted octanol–water partition coefficient (Wildman–Crippen LogP) is 4.85. The smallest absolute Gasteiger partial charge is 0.316 e. The van der Waals surface area contributed by atoms with Crippen LogP contribution < -0.4 is 20.3 Å². The number of nitrogens with zero attached hydrogens (tertiary/aromatic N) is 2. The minimum Gasteiger partial charge on any atom is -0.494 e. The molecule has 0 saturated heterocycles. The van der Waals surface area contributed by atoms with Crippen molar-refractivity contribution in [3.8, 4) is 11.5 Å². The Labute approximate surface area is 179 Å². The van der Waals surface area contributed by atoms with Crippen LogP contribution in [0.3, 0.4) is 0 Å². The SMILES string of the molecule is CCOc1cc(C)c(Nc2nc(=O)c(OC)cn2Cc2ccc(F)c(Cl)c2)cc1C. The lowest BCUT2D eigenvalue weighted by Crippen LogP contribution is -2.19. The number of hydrogen-bond donors (Lipinski definition) is 1. The third kappa shape index (κ3) is 4.74. The first-order valence-electron chi connectivity index (χ1n) is 9.42. The summed E-state index contributed by atoms with van der Waals surface area (Å²) in [5.41, 5.74) is 2.94. The minimum absolute atomic E-state index is 0.0287. The number of aryl methyl sites for hydroxylation is 2. The highest BCUT2D eigenvalue weighted by molar-refractivity contribution is 6.30. The summed E-state index contributed by atoms with van der Waals surface area (Å²) < 4.78 is 26.0. The standard InChI is InChI=1S/C22H23ClFN3O3/c1-5-30-19-9-13(2)18(8-14(19)3)25-22-26-21(28)20(29-4)12-27(22)11-15-6-7-17(24)16(23)10-15/h6-10,12H,5,11H2,1-4H3,(H,25,26,28). The van der Waals surface area contributed by atoms with Gasteiger partial charge in [-0.2, -0.15) is 4.98 Å². The van der Waals surface area contributed by atoms with Crippen molar-refractivity contribution in [2.75, 3.05) is 19.0 Å². The van der Waals surface area contributed by atoms with Crippen molar-refractivity contribution in [3.63, 3.8) is 0 Å². The van der Waals surface area contributed by atoms with Gasteiger partial charge in [-0.05, 0) is 61.7 Å². The molecular weight excluding hydrogens is 409 g/mol. The highest BCUT2D eigenvalue weighted by Crippen LogP contribution is 2.28. The maximum Gasteiger partial charge on any atom is 0.316 e. The molecule has 0 bridgehead atoms. The van der Waals surface area contributed by atoms with Gasteiger partial charge in [0.15, 0.2) is 0 Å². The minimum atomic E-state index is -0.492. The molecule has 2 aromatic carbocycles. The van der Waals surface area contributed by atoms with Crippen molar-refractivity contribution in [2.24, 2.45) is 0 Å². The fourth-order valence-corrected chi connectivity index (χ4v) is 3.23. The van der Waals surface area contributed by atoms with Gasteiger partial charge in [-0.3, -0.25) is 4.79 Å². The van der Waals surface area contributed by atoms with Gasteiger partial charge in [0.2, 0.25) is 11.7 Å². The number of methoxy groups -OCH3 is 1. The second-order valence-corrected chi connectivity index (χ2v) is 7.21. The molecule has 0 aliphatic carbocycles. The normalized spacial score (nSPS) is 10.7. The van der Waals surface area contributed by atoms with E-state index in [1.807, 2.05) is 32.9 Å². The highest BCUT2D eigenvalue weighted by atomic mass is 35.5. The van der Waals surface area contributed by atoms with Crippen molar-refractivity contribution in [1.82, 2.24) is 9.55 Å². The van der Waals surface area contributed by atoms with Crippen molar-refractivity contribution < 1.29 is 13.9 Å². The van der Waals surface area contributed by atoms with Crippen LogP contribution in [0.2, 0.25) is 5.02 Å². The zero-order valence-corrected chi connectivity index (χ0v) is 18.0. The van der Waals surface area contributed by atoms with Crippen LogP contribution in [-0.4, -0.2) is 23.3 Å². The Morgan fingerprint density at radius 3 is 2.60 bits per heavy atom. The summed E-state index contributed by atoms with van der Waals surface area (Å²) in [6, 6.07) is 8.35. The van der Waals surface area contributed by atoms with E-state index >= 15 is 0 Å². The fourth-order valence-electron chi connectivity index (χ4n) is 3.02. The zero-order chi connectivity index (χ0) is 21.8. The molecule has 8 heteroatoms. The summed E-state index contributed by atoms with van der Waals surface area (Å²) in [6.07, 6.45) is 1.56. The molecule has 1 N–H and O–H groups in total. The third-order valence-electron chi connectivity index (χ3n) is 4.59. The number of rotatable bonds is 7. The van der Waals surface area contributed by atoms with Crippen LogP contribution in [0.4, 0.5) is 16.0 Å². The van der Waals surface area contributed by atoms with Gasteiger partial charge < -0.3 is 19.4 Å². The lowest BCUT2D eigenvalue weighted by atomic mass is 10.1. The largest absolute Gasteiger partial charge is 0.494 e. The van der Waals surface area contributed by atoms with Crippen molar-refractivity contribution in [2.45, 2.75) is 27.3 Å². The molecule has 0 spiro atoms. The van der Waals surface area contributed by atoms with Crippen LogP contribution in [0.15, 0.2) is 41.3 Å². The van der Waals surface area contributed by atoms with Crippen molar-refractivity contribution in [1.29, 1.82) is 0 Å². The van der Waals surface area contributed by atoms with Gasteiger partial charge in [0.1, 0.15) is 11.6 Å². The van der Waals surface area contributed by atoms with Crippen LogP contribution in [0.5, 0.6) is 11.5 Å². The number of benzene rings is 2. The Hall–Kier alpha value is -3.06. The molecule has 1 heterocycles. The first-order chi connectivity index (χ1) is 14.3. The molecule has 3 rings (SSSR count). The maximum atomic E-state index is 13.5. The van der Waals surface area contributed by atoms with Crippen molar-refractivity contribution in [3.05, 3.63) is 74.4 Å². The second-order valence-electron chi connectivity index (χ2n) is 6.81. The molecule has 0 aliphatic heterocycles. The Bertz CT molecular complexity index is 1130. The molecule has 0 fully saturated rings. The number of nitrogens with one attached hydrogen (secondary N) is 1. The molecule has 0 amide bonds. The average Bonchev–Trinajstić information content (AvgIpc) is 2.70. The average molecular weight is 432 g/mol. The van der Waals surface area contributed by atoms with E-state index in [9.17, 15) is 9.18 Å². The Morgan fingerprint density at radius 1 is 1.17 bits per heavy atom. The van der Waals surface area contributed by atoms with Crippen LogP contribution in [-0.2, 0) is 6.54 Å². The summed E-state index contributed by atoms with van der Waals surface area (Å²) in [5, 5.41) is 3.25. The molecule has 30 heavy (non-hydrogen) atoms. The lowest BCUT2D eigenvalue weighted by Gasteiger charge is -2.18. The van der Waals surface area contributed by atoms with Crippen LogP contribution in [0.1, 0.15) is 23.6 Å². The quantitative estimate of drug-likeness (QED) is 0.579. The second kappa shape index (κ2) is 9.17. The van der Waals surface area contributed by atoms with Gasteiger partial charge in [-0.15, -0.1) is 0 Å². The van der Waals surface area contributed by atoms with Gasteiger partial charge in [-0.1, -0.05) is 17.7 Å². The summed E-state index contributed by atoms with van der Waals surface area (Å²) in [5.74, 6) is 0.748. The molecule has 158 valence electrons. The monoisotopic (exact) mass is 431 g/mol. The first kappa shape index (κ1) is 21.6. The van der Waals surface area contributed by atoms with E-state index < -0.39 is 11.4 Å². The third-order valence-corrected chi connectivity index (χ3v) is 4.88. The topological polar surface area (TPSA) is 65.4 Å². The number of ether oxygens (including phenoxy) is 2. The van der Waals surface area contributed by atoms with Gasteiger partial charge in [0.05, 0.1) is 31.5 Å². The van der Waals surface area contributed by atoms with Gasteiger partial charge in [0, 0.05) is 5.69 Å². The molecular formula is C22H23ClFN3O3. The molecule has 0 radical (unpaired) electrons. The summed E-state index contributed by atoms with van der Waals surface area (Å²) in [4.78, 5) is 16.4. The first-order valence-corrected chi connectivity index (χ1v) is 9.80. The Kier molecular flexibility index (Phi) is 6.62. The number of anilines is 2. The molecule has 0 atom stereocenters. The van der Waals surface area contributed by atoms with E-state index in [0.29, 0.717) is 19.1 Å². The summed E-state index contributed by atoms with van der Waals surface area (Å²) in [7, 11) is 1.41. The van der Waals surface area contributed by atoms with E-state index in [2.05, 4.69) is 10.3 Å². The van der Waals surface area contributed by atoms with E-state index in [-0.39, 0.29) is 10.8 Å². The molecule has 0 saturated carbocycles. The summed E-state index contributed by atoms with van der Waals surface area (Å²) >= 11 is 5.91. The molecule has 6 nitrogen and oxygen atoms in total. The van der Waals surface area contributed by atoms with E-state index in [0.717, 1.165) is 28.1 Å². The van der Waals surface area contributed by atoms with Crippen LogP contribution in [0, 0.1) is 19.7 Å². The Balaban J connectivity index is 2.01. The van der Waals surface area contributed by atoms with Gasteiger partial charge in [-0.25, -0.2) is 4.39 Å². The van der Waals surface area contributed by atoms with Gasteiger partial charge in [0.25, 0.3) is 0 Å². The van der Waals surface area contributed by atoms with Crippen LogP contribution >= 0.6 is 11.6 Å². The van der Waals surface area contributed by atoms with Crippen LogP contribution in [0.25, 0.3) is 0 Å². The Morgan fingerprint density at radius 2 is 1.93 bits per heavy atom. The molecule has 1 aromatic heterocycles.